The first-order valence-electron chi connectivity index (χ1n) is 32.3. The standard InChI is InChI=1S/C25H47NO4.C16H35NO4.C15H27NO2.C6H15NO2/c1-3-5-11-29-17-22(27)15-26(16-23(28)18-30-12-6-4-2)14-21-9-10-24-19-7-8-20(13-19)25(21)24;1-4-7-9-20-13-15(18)11-17(6-3)12-16(19)14-21-10-8-5-2;17-6-4-16(5-7-18)10-12-8-11-9-15(12)14-3-1-2-13(11)14;1-2-7(3-5-8)4-6-9/h19-25,27-28H,3-18H2,1-2H3;15-16,18-19H,4-14H2,1-3H3;11-15,17-18H,1-10H2;8-9H,2-6H2,1H3. The number of nitrogens with zero attached hydrogens (tertiary/aromatic N) is 4. The average molecular weight is 1120 g/mol. The summed E-state index contributed by atoms with van der Waals surface area (Å²) in [5.41, 5.74) is 0. The molecule has 0 amide bonds. The van der Waals surface area contributed by atoms with Gasteiger partial charge in [-0.25, -0.2) is 0 Å². The van der Waals surface area contributed by atoms with Gasteiger partial charge in [-0.2, -0.15) is 0 Å². The smallest absolute Gasteiger partial charge is 0.0900 e. The number of aliphatic hydroxyl groups is 8. The van der Waals surface area contributed by atoms with E-state index >= 15 is 0 Å². The van der Waals surface area contributed by atoms with Crippen molar-refractivity contribution in [2.75, 3.05) is 158 Å². The Labute approximate surface area is 476 Å². The van der Waals surface area contributed by atoms with Crippen molar-refractivity contribution in [3.05, 3.63) is 0 Å². The zero-order chi connectivity index (χ0) is 56.9. The molecular formula is C62H124N4O12. The van der Waals surface area contributed by atoms with Crippen molar-refractivity contribution >= 4 is 0 Å². The van der Waals surface area contributed by atoms with Crippen LogP contribution in [0.1, 0.15) is 157 Å². The molecule has 4 bridgehead atoms. The molecule has 0 saturated heterocycles. The van der Waals surface area contributed by atoms with Crippen LogP contribution in [-0.4, -0.2) is 243 Å². The van der Waals surface area contributed by atoms with Gasteiger partial charge >= 0.3 is 0 Å². The summed E-state index contributed by atoms with van der Waals surface area (Å²) in [5.74, 6) is 9.42. The Morgan fingerprint density at radius 3 is 1.26 bits per heavy atom. The van der Waals surface area contributed by atoms with Crippen molar-refractivity contribution in [2.24, 2.45) is 59.2 Å². The summed E-state index contributed by atoms with van der Waals surface area (Å²) in [4.78, 5) is 8.58. The normalized spacial score (nSPS) is 27.2. The highest BCUT2D eigenvalue weighted by Crippen LogP contribution is 2.62. The summed E-state index contributed by atoms with van der Waals surface area (Å²) in [6.45, 7) is 26.4. The van der Waals surface area contributed by atoms with Crippen molar-refractivity contribution < 1.29 is 59.8 Å². The monoisotopic (exact) mass is 1120 g/mol. The number of aliphatic hydroxyl groups excluding tert-OH is 8. The van der Waals surface area contributed by atoms with E-state index in [1.165, 1.54) is 64.2 Å². The Bertz CT molecular complexity index is 1350. The molecule has 14 unspecified atom stereocenters. The van der Waals surface area contributed by atoms with Gasteiger partial charge in [0.15, 0.2) is 0 Å². The molecule has 6 saturated carbocycles. The molecule has 16 nitrogen and oxygen atoms in total. The SMILES string of the molecule is CCCCOCC(O)CN(CC(O)COCCCC)CC1CCC2C3CCC(C3)C12.CCCCOCC(O)CN(CC)CC(O)COCCCC.CCN(CCO)CCO.OCCN(CCO)CC1CC2CC1C1CCCC21. The zero-order valence-electron chi connectivity index (χ0n) is 50.8. The van der Waals surface area contributed by atoms with Crippen molar-refractivity contribution in [3.63, 3.8) is 0 Å². The van der Waals surface area contributed by atoms with Gasteiger partial charge in [0, 0.05) is 91.9 Å². The van der Waals surface area contributed by atoms with Crippen LogP contribution in [0.2, 0.25) is 0 Å². The van der Waals surface area contributed by atoms with E-state index in [0.29, 0.717) is 78.9 Å². The van der Waals surface area contributed by atoms with Gasteiger partial charge in [0.25, 0.3) is 0 Å². The minimum atomic E-state index is -0.505. The number of ether oxygens (including phenoxy) is 4. The lowest BCUT2D eigenvalue weighted by Crippen LogP contribution is -2.44. The molecule has 8 N–H and O–H groups in total. The third kappa shape index (κ3) is 27.4. The van der Waals surface area contributed by atoms with Gasteiger partial charge in [-0.15, -0.1) is 0 Å². The maximum Gasteiger partial charge on any atom is 0.0900 e. The highest BCUT2D eigenvalue weighted by atomic mass is 16.5. The maximum atomic E-state index is 10.6. The predicted molar refractivity (Wildman–Crippen MR) is 313 cm³/mol. The Hall–Kier alpha value is -0.640. The van der Waals surface area contributed by atoms with Crippen LogP contribution in [0.4, 0.5) is 0 Å². The molecule has 6 fully saturated rings. The highest BCUT2D eigenvalue weighted by Gasteiger charge is 2.54. The zero-order valence-corrected chi connectivity index (χ0v) is 50.8. The van der Waals surface area contributed by atoms with Gasteiger partial charge in [0.1, 0.15) is 0 Å². The quantitative estimate of drug-likeness (QED) is 0.0329. The fourth-order valence-electron chi connectivity index (χ4n) is 14.6. The predicted octanol–water partition coefficient (Wildman–Crippen LogP) is 6.02. The molecule has 0 radical (unpaired) electrons. The summed E-state index contributed by atoms with van der Waals surface area (Å²) in [5, 5.41) is 76.1. The van der Waals surface area contributed by atoms with Gasteiger partial charge in [0.2, 0.25) is 0 Å². The molecule has 0 spiro atoms. The molecule has 0 aromatic rings. The summed E-state index contributed by atoms with van der Waals surface area (Å²) >= 11 is 0. The summed E-state index contributed by atoms with van der Waals surface area (Å²) in [7, 11) is 0. The van der Waals surface area contributed by atoms with Crippen molar-refractivity contribution in [1.82, 2.24) is 19.6 Å². The van der Waals surface area contributed by atoms with Crippen LogP contribution in [0.3, 0.4) is 0 Å². The first-order valence-corrected chi connectivity index (χ1v) is 32.3. The topological polar surface area (TPSA) is 212 Å². The van der Waals surface area contributed by atoms with Gasteiger partial charge in [-0.1, -0.05) is 73.6 Å². The molecule has 14 atom stereocenters. The van der Waals surface area contributed by atoms with E-state index in [-0.39, 0.29) is 26.4 Å². The van der Waals surface area contributed by atoms with E-state index in [1.54, 1.807) is 0 Å². The number of unbranched alkanes of at least 4 members (excludes halogenated alkanes) is 4. The molecule has 0 heterocycles. The average Bonchev–Trinajstić information content (AvgIpc) is 4.33. The molecular weight excluding hydrogens is 993 g/mol. The second-order valence-corrected chi connectivity index (χ2v) is 24.4. The molecule has 0 aromatic heterocycles. The van der Waals surface area contributed by atoms with Crippen LogP contribution in [-0.2, 0) is 18.9 Å². The highest BCUT2D eigenvalue weighted by molar-refractivity contribution is 5.04. The van der Waals surface area contributed by atoms with Gasteiger partial charge in [-0.3, -0.25) is 19.6 Å². The molecule has 16 heteroatoms. The largest absolute Gasteiger partial charge is 0.395 e. The minimum Gasteiger partial charge on any atom is -0.395 e. The van der Waals surface area contributed by atoms with Crippen LogP contribution in [0, 0.1) is 59.2 Å². The van der Waals surface area contributed by atoms with Crippen molar-refractivity contribution in [1.29, 1.82) is 0 Å². The van der Waals surface area contributed by atoms with Gasteiger partial charge in [-0.05, 0) is 156 Å². The number of hydrogen-bond donors (Lipinski definition) is 8. The fraction of sp³-hybridized carbons (Fsp3) is 1.00. The Balaban J connectivity index is 0.000000293. The lowest BCUT2D eigenvalue weighted by atomic mass is 9.75. The molecule has 6 aliphatic rings. The van der Waals surface area contributed by atoms with E-state index < -0.39 is 24.4 Å². The lowest BCUT2D eigenvalue weighted by Gasteiger charge is -2.34. The van der Waals surface area contributed by atoms with Gasteiger partial charge < -0.3 is 59.8 Å². The van der Waals surface area contributed by atoms with Crippen LogP contribution >= 0.6 is 0 Å². The van der Waals surface area contributed by atoms with E-state index in [9.17, 15) is 20.4 Å². The summed E-state index contributed by atoms with van der Waals surface area (Å²) in [6.07, 6.45) is 21.0. The first kappa shape index (κ1) is 71.6. The number of likely N-dealkylation sites (N-methyl/N-ethyl adjacent to an activating group) is 2. The molecule has 6 rings (SSSR count). The van der Waals surface area contributed by atoms with E-state index in [2.05, 4.69) is 37.5 Å². The first-order chi connectivity index (χ1) is 37.9. The molecule has 0 aliphatic heterocycles. The fourth-order valence-corrected chi connectivity index (χ4v) is 14.6. The van der Waals surface area contributed by atoms with Crippen molar-refractivity contribution in [2.45, 2.75) is 182 Å². The number of hydrogen-bond acceptors (Lipinski definition) is 16. The van der Waals surface area contributed by atoms with Crippen LogP contribution in [0.15, 0.2) is 0 Å². The third-order valence-electron chi connectivity index (χ3n) is 18.4. The van der Waals surface area contributed by atoms with E-state index in [1.807, 2.05) is 23.6 Å². The minimum absolute atomic E-state index is 0.174. The molecule has 0 aromatic carbocycles. The van der Waals surface area contributed by atoms with Crippen LogP contribution in [0.25, 0.3) is 0 Å². The molecule has 6 aliphatic carbocycles. The number of rotatable bonds is 42. The summed E-state index contributed by atoms with van der Waals surface area (Å²) in [6, 6.07) is 0. The second kappa shape index (κ2) is 43.9. The Kier molecular flexibility index (Phi) is 40.3. The summed E-state index contributed by atoms with van der Waals surface area (Å²) < 4.78 is 22.1. The number of fused-ring (bicyclic) bond motifs is 10. The Morgan fingerprint density at radius 2 is 0.808 bits per heavy atom. The third-order valence-corrected chi connectivity index (χ3v) is 18.4. The van der Waals surface area contributed by atoms with Crippen molar-refractivity contribution in [3.8, 4) is 0 Å². The maximum absolute atomic E-state index is 10.6. The Morgan fingerprint density at radius 1 is 0.385 bits per heavy atom. The van der Waals surface area contributed by atoms with E-state index in [4.69, 9.17) is 39.4 Å². The van der Waals surface area contributed by atoms with E-state index in [0.717, 1.165) is 163 Å². The van der Waals surface area contributed by atoms with Crippen LogP contribution < -0.4 is 0 Å². The lowest BCUT2D eigenvalue weighted by molar-refractivity contribution is -0.0167. The molecule has 464 valence electrons. The molecule has 78 heavy (non-hydrogen) atoms. The van der Waals surface area contributed by atoms with Crippen LogP contribution in [0.5, 0.6) is 0 Å². The second-order valence-electron chi connectivity index (χ2n) is 24.4. The van der Waals surface area contributed by atoms with Gasteiger partial charge in [0.05, 0.1) is 77.3 Å².